The number of hydrogen-bond donors (Lipinski definition) is 1. The Labute approximate surface area is 171 Å². The highest BCUT2D eigenvalue weighted by Gasteiger charge is 2.64. The number of carbonyl (C=O) groups is 1. The number of aliphatic hydroxyl groups is 1. The minimum atomic E-state index is -0.215. The van der Waals surface area contributed by atoms with Gasteiger partial charge in [0.05, 0.1) is 12.2 Å². The lowest BCUT2D eigenvalue weighted by Gasteiger charge is -2.62. The molecule has 0 aromatic heterocycles. The van der Waals surface area contributed by atoms with Crippen molar-refractivity contribution in [2.45, 2.75) is 91.6 Å². The lowest BCUT2D eigenvalue weighted by molar-refractivity contribution is -0.173. The van der Waals surface area contributed by atoms with Gasteiger partial charge in [-0.1, -0.05) is 27.7 Å². The molecule has 28 heavy (non-hydrogen) atoms. The molecule has 0 spiro atoms. The predicted octanol–water partition coefficient (Wildman–Crippen LogP) is 5.37. The summed E-state index contributed by atoms with van der Waals surface area (Å²) in [5.74, 6) is 3.29. The average molecular weight is 386 g/mol. The van der Waals surface area contributed by atoms with Gasteiger partial charge in [-0.2, -0.15) is 5.26 Å². The number of rotatable bonds is 3. The Hall–Kier alpha value is -0.880. The van der Waals surface area contributed by atoms with Crippen molar-refractivity contribution in [3.8, 4) is 6.07 Å². The van der Waals surface area contributed by atoms with E-state index in [9.17, 15) is 15.2 Å². The van der Waals surface area contributed by atoms with Gasteiger partial charge in [-0.05, 0) is 91.8 Å². The minimum Gasteiger partial charge on any atom is -0.393 e. The van der Waals surface area contributed by atoms with Crippen molar-refractivity contribution >= 4 is 5.78 Å². The number of nitrogens with zero attached hydrogens (tertiary/aromatic N) is 1. The summed E-state index contributed by atoms with van der Waals surface area (Å²) in [6.07, 6.45) is 8.91. The van der Waals surface area contributed by atoms with Gasteiger partial charge in [-0.15, -0.1) is 0 Å². The molecule has 10 atom stereocenters. The van der Waals surface area contributed by atoms with Gasteiger partial charge < -0.3 is 5.11 Å². The normalized spacial score (nSPS) is 51.6. The maximum atomic E-state index is 13.8. The smallest absolute Gasteiger partial charge is 0.139 e. The molecule has 3 heteroatoms. The molecular formula is C25H39NO2. The summed E-state index contributed by atoms with van der Waals surface area (Å²) in [5, 5.41) is 19.6. The zero-order valence-corrected chi connectivity index (χ0v) is 18.3. The van der Waals surface area contributed by atoms with Gasteiger partial charge in [-0.3, -0.25) is 4.79 Å². The molecule has 4 fully saturated rings. The monoisotopic (exact) mass is 385 g/mol. The molecule has 0 saturated heterocycles. The molecule has 0 aliphatic heterocycles. The van der Waals surface area contributed by atoms with E-state index in [1.54, 1.807) is 0 Å². The van der Waals surface area contributed by atoms with E-state index in [0.717, 1.165) is 25.7 Å². The molecule has 0 aromatic carbocycles. The van der Waals surface area contributed by atoms with Gasteiger partial charge in [0.2, 0.25) is 0 Å². The molecule has 0 radical (unpaired) electrons. The van der Waals surface area contributed by atoms with Crippen LogP contribution in [0.15, 0.2) is 0 Å². The van der Waals surface area contributed by atoms with Crippen molar-refractivity contribution in [3.05, 3.63) is 0 Å². The average Bonchev–Trinajstić information content (AvgIpc) is 3.01. The molecule has 4 aliphatic carbocycles. The van der Waals surface area contributed by atoms with Crippen LogP contribution in [0.4, 0.5) is 0 Å². The highest BCUT2D eigenvalue weighted by atomic mass is 16.3. The minimum absolute atomic E-state index is 0.138. The van der Waals surface area contributed by atoms with Crippen molar-refractivity contribution in [2.24, 2.45) is 52.3 Å². The number of ketones is 1. The Kier molecular flexibility index (Phi) is 5.18. The van der Waals surface area contributed by atoms with Crippen molar-refractivity contribution in [3.63, 3.8) is 0 Å². The summed E-state index contributed by atoms with van der Waals surface area (Å²) in [6.45, 7) is 9.35. The molecular weight excluding hydrogens is 346 g/mol. The maximum Gasteiger partial charge on any atom is 0.139 e. The van der Waals surface area contributed by atoms with E-state index in [-0.39, 0.29) is 28.8 Å². The van der Waals surface area contributed by atoms with Crippen LogP contribution in [0, 0.1) is 63.6 Å². The second-order valence-corrected chi connectivity index (χ2v) is 11.3. The van der Waals surface area contributed by atoms with Gasteiger partial charge in [0.1, 0.15) is 5.78 Å². The largest absolute Gasteiger partial charge is 0.393 e. The third kappa shape index (κ3) is 2.73. The Morgan fingerprint density at radius 3 is 2.46 bits per heavy atom. The van der Waals surface area contributed by atoms with Gasteiger partial charge in [0.15, 0.2) is 0 Å². The van der Waals surface area contributed by atoms with Crippen molar-refractivity contribution in [1.82, 2.24) is 0 Å². The Bertz CT molecular complexity index is 668. The zero-order valence-electron chi connectivity index (χ0n) is 18.3. The molecule has 156 valence electrons. The van der Waals surface area contributed by atoms with Crippen LogP contribution in [-0.2, 0) is 4.79 Å². The molecule has 4 aliphatic rings. The molecule has 0 aromatic rings. The summed E-state index contributed by atoms with van der Waals surface area (Å²) in [5.41, 5.74) is 0.443. The van der Waals surface area contributed by atoms with E-state index in [4.69, 9.17) is 0 Å². The Morgan fingerprint density at radius 1 is 1.11 bits per heavy atom. The summed E-state index contributed by atoms with van der Waals surface area (Å²) < 4.78 is 0. The van der Waals surface area contributed by atoms with E-state index in [1.807, 2.05) is 0 Å². The van der Waals surface area contributed by atoms with Crippen LogP contribution >= 0.6 is 0 Å². The number of aliphatic hydroxyl groups excluding tert-OH is 1. The molecule has 1 unspecified atom stereocenters. The standard InChI is InChI=1S/C25H39NO2/c1-5-17-21-14-16(27)8-11-25(21,4)20-9-12-24(3)18(15(2)10-13-26)6-7-19(24)22(20)23(17)28/h15-22,27H,5-12,14H2,1-4H3/t15-,16-,17?,18-,19+,20+,21+,22+,24-,25-/m1/s1. The molecule has 0 bridgehead atoms. The summed E-state index contributed by atoms with van der Waals surface area (Å²) in [4.78, 5) is 13.8. The van der Waals surface area contributed by atoms with Gasteiger partial charge in [0.25, 0.3) is 0 Å². The first-order chi connectivity index (χ1) is 13.3. The highest BCUT2D eigenvalue weighted by Crippen LogP contribution is 2.68. The third-order valence-electron chi connectivity index (χ3n) is 10.3. The van der Waals surface area contributed by atoms with Gasteiger partial charge in [0, 0.05) is 18.3 Å². The van der Waals surface area contributed by atoms with Crippen LogP contribution in [0.1, 0.15) is 85.5 Å². The molecule has 4 rings (SSSR count). The van der Waals surface area contributed by atoms with Crippen molar-refractivity contribution in [1.29, 1.82) is 5.26 Å². The first kappa shape index (κ1) is 20.4. The van der Waals surface area contributed by atoms with E-state index in [2.05, 4.69) is 33.8 Å². The van der Waals surface area contributed by atoms with Crippen LogP contribution in [-0.4, -0.2) is 17.0 Å². The summed E-state index contributed by atoms with van der Waals surface area (Å²) in [6, 6.07) is 2.40. The number of nitriles is 1. The zero-order chi connectivity index (χ0) is 20.3. The fraction of sp³-hybridized carbons (Fsp3) is 0.920. The van der Waals surface area contributed by atoms with Crippen LogP contribution in [0.3, 0.4) is 0 Å². The predicted molar refractivity (Wildman–Crippen MR) is 110 cm³/mol. The van der Waals surface area contributed by atoms with E-state index in [1.165, 1.54) is 25.7 Å². The van der Waals surface area contributed by atoms with E-state index >= 15 is 0 Å². The van der Waals surface area contributed by atoms with E-state index in [0.29, 0.717) is 41.8 Å². The second-order valence-electron chi connectivity index (χ2n) is 11.3. The topological polar surface area (TPSA) is 61.1 Å². The van der Waals surface area contributed by atoms with Crippen LogP contribution in [0.2, 0.25) is 0 Å². The van der Waals surface area contributed by atoms with Crippen molar-refractivity contribution in [2.75, 3.05) is 0 Å². The molecule has 0 amide bonds. The molecule has 3 nitrogen and oxygen atoms in total. The van der Waals surface area contributed by atoms with Crippen LogP contribution in [0.25, 0.3) is 0 Å². The second kappa shape index (κ2) is 7.12. The fourth-order valence-corrected chi connectivity index (χ4v) is 8.90. The Morgan fingerprint density at radius 2 is 1.79 bits per heavy atom. The number of fused-ring (bicyclic) bond motifs is 5. The summed E-state index contributed by atoms with van der Waals surface area (Å²) in [7, 11) is 0. The quantitative estimate of drug-likeness (QED) is 0.710. The van der Waals surface area contributed by atoms with Gasteiger partial charge in [-0.25, -0.2) is 0 Å². The maximum absolute atomic E-state index is 13.8. The number of carbonyl (C=O) groups excluding carboxylic acids is 1. The highest BCUT2D eigenvalue weighted by molar-refractivity contribution is 5.86. The SMILES string of the molecule is CCC1C(=O)[C@@H]2[C@H](CC[C@]3(C)[C@@H]([C@H](C)CC#N)CC[C@@H]23)[C@@]2(C)CC[C@@H](O)C[C@@H]12. The van der Waals surface area contributed by atoms with Gasteiger partial charge >= 0.3 is 0 Å². The molecule has 4 saturated carbocycles. The molecule has 1 N–H and O–H groups in total. The lowest BCUT2D eigenvalue weighted by Crippen LogP contribution is -2.60. The lowest BCUT2D eigenvalue weighted by atomic mass is 9.42. The Balaban J connectivity index is 1.69. The fourth-order valence-electron chi connectivity index (χ4n) is 8.90. The molecule has 0 heterocycles. The first-order valence-corrected chi connectivity index (χ1v) is 11.9. The van der Waals surface area contributed by atoms with Crippen molar-refractivity contribution < 1.29 is 9.90 Å². The van der Waals surface area contributed by atoms with Crippen LogP contribution < -0.4 is 0 Å². The third-order valence-corrected chi connectivity index (χ3v) is 10.3. The number of Topliss-reactive ketones (excluding diaryl/α,β-unsaturated/α-hetero) is 1. The summed E-state index contributed by atoms with van der Waals surface area (Å²) >= 11 is 0. The van der Waals surface area contributed by atoms with Crippen LogP contribution in [0.5, 0.6) is 0 Å². The van der Waals surface area contributed by atoms with E-state index < -0.39 is 0 Å². The number of hydrogen-bond acceptors (Lipinski definition) is 3. The first-order valence-electron chi connectivity index (χ1n) is 11.9.